The SMILES string of the molecule is COC(=O)[C@@H]1[C@H](CCCO)NC(=O)[C@]1(C)O. The normalized spacial score (nSPS) is 33.6. The monoisotopic (exact) mass is 231 g/mol. The highest BCUT2D eigenvalue weighted by molar-refractivity contribution is 5.94. The summed E-state index contributed by atoms with van der Waals surface area (Å²) in [5, 5.41) is 21.2. The summed E-state index contributed by atoms with van der Waals surface area (Å²) < 4.78 is 4.57. The molecule has 1 aliphatic heterocycles. The molecule has 0 aliphatic carbocycles. The van der Waals surface area contributed by atoms with E-state index in [1.54, 1.807) is 0 Å². The van der Waals surface area contributed by atoms with E-state index in [1.165, 1.54) is 14.0 Å². The summed E-state index contributed by atoms with van der Waals surface area (Å²) in [7, 11) is 1.21. The average Bonchev–Trinajstić information content (AvgIpc) is 2.46. The molecule has 1 heterocycles. The van der Waals surface area contributed by atoms with Gasteiger partial charge in [-0.15, -0.1) is 0 Å². The quantitative estimate of drug-likeness (QED) is 0.528. The number of hydrogen-bond donors (Lipinski definition) is 3. The smallest absolute Gasteiger partial charge is 0.314 e. The molecular formula is C10H17NO5. The number of carbonyl (C=O) groups is 2. The number of hydrogen-bond acceptors (Lipinski definition) is 5. The Morgan fingerprint density at radius 2 is 2.25 bits per heavy atom. The summed E-state index contributed by atoms with van der Waals surface area (Å²) in [4.78, 5) is 23.0. The molecule has 0 spiro atoms. The van der Waals surface area contributed by atoms with Crippen LogP contribution in [0.25, 0.3) is 0 Å². The van der Waals surface area contributed by atoms with Gasteiger partial charge in [-0.3, -0.25) is 9.59 Å². The van der Waals surface area contributed by atoms with E-state index in [2.05, 4.69) is 10.1 Å². The van der Waals surface area contributed by atoms with Crippen LogP contribution in [0.4, 0.5) is 0 Å². The van der Waals surface area contributed by atoms with E-state index in [-0.39, 0.29) is 6.61 Å². The molecule has 0 unspecified atom stereocenters. The first-order chi connectivity index (χ1) is 7.45. The first-order valence-corrected chi connectivity index (χ1v) is 5.17. The number of rotatable bonds is 4. The van der Waals surface area contributed by atoms with Crippen LogP contribution in [-0.2, 0) is 14.3 Å². The van der Waals surface area contributed by atoms with Gasteiger partial charge in [-0.05, 0) is 19.8 Å². The number of ether oxygens (including phenoxy) is 1. The van der Waals surface area contributed by atoms with Gasteiger partial charge in [-0.1, -0.05) is 0 Å². The van der Waals surface area contributed by atoms with Gasteiger partial charge >= 0.3 is 5.97 Å². The summed E-state index contributed by atoms with van der Waals surface area (Å²) in [5.74, 6) is -2.12. The van der Waals surface area contributed by atoms with Gasteiger partial charge in [0.25, 0.3) is 5.91 Å². The van der Waals surface area contributed by atoms with Gasteiger partial charge in [0.05, 0.1) is 7.11 Å². The molecule has 1 amide bonds. The highest BCUT2D eigenvalue weighted by Gasteiger charge is 2.54. The predicted molar refractivity (Wildman–Crippen MR) is 54.4 cm³/mol. The molecule has 16 heavy (non-hydrogen) atoms. The Morgan fingerprint density at radius 1 is 1.62 bits per heavy atom. The fraction of sp³-hybridized carbons (Fsp3) is 0.800. The number of nitrogens with one attached hydrogen (secondary N) is 1. The Hall–Kier alpha value is -1.14. The summed E-state index contributed by atoms with van der Waals surface area (Å²) in [6.45, 7) is 1.27. The van der Waals surface area contributed by atoms with Crippen molar-refractivity contribution in [2.75, 3.05) is 13.7 Å². The van der Waals surface area contributed by atoms with Crippen molar-refractivity contribution in [2.24, 2.45) is 5.92 Å². The van der Waals surface area contributed by atoms with Crippen LogP contribution in [0.5, 0.6) is 0 Å². The van der Waals surface area contributed by atoms with Gasteiger partial charge in [0.2, 0.25) is 0 Å². The van der Waals surface area contributed by atoms with Crippen molar-refractivity contribution in [1.82, 2.24) is 5.32 Å². The molecule has 3 atom stereocenters. The van der Waals surface area contributed by atoms with Crippen molar-refractivity contribution in [1.29, 1.82) is 0 Å². The second-order valence-electron chi connectivity index (χ2n) is 4.09. The van der Waals surface area contributed by atoms with E-state index in [0.29, 0.717) is 12.8 Å². The zero-order chi connectivity index (χ0) is 12.3. The molecule has 92 valence electrons. The van der Waals surface area contributed by atoms with Gasteiger partial charge in [0, 0.05) is 12.6 Å². The van der Waals surface area contributed by atoms with Gasteiger partial charge in [-0.2, -0.15) is 0 Å². The fourth-order valence-corrected chi connectivity index (χ4v) is 2.00. The topological polar surface area (TPSA) is 95.9 Å². The summed E-state index contributed by atoms with van der Waals surface area (Å²) in [6, 6.07) is -0.484. The lowest BCUT2D eigenvalue weighted by atomic mass is 9.86. The highest BCUT2D eigenvalue weighted by atomic mass is 16.5. The first-order valence-electron chi connectivity index (χ1n) is 5.17. The van der Waals surface area contributed by atoms with Gasteiger partial charge in [-0.25, -0.2) is 0 Å². The van der Waals surface area contributed by atoms with Gasteiger partial charge in [0.1, 0.15) is 5.92 Å². The minimum atomic E-state index is -1.74. The number of carbonyl (C=O) groups excluding carboxylic acids is 2. The third kappa shape index (κ3) is 2.17. The van der Waals surface area contributed by atoms with E-state index >= 15 is 0 Å². The Kier molecular flexibility index (Phi) is 3.88. The molecule has 3 N–H and O–H groups in total. The Morgan fingerprint density at radius 3 is 2.75 bits per heavy atom. The average molecular weight is 231 g/mol. The molecule has 1 saturated heterocycles. The van der Waals surface area contributed by atoms with E-state index in [1.807, 2.05) is 0 Å². The third-order valence-corrected chi connectivity index (χ3v) is 2.91. The Bertz CT molecular complexity index is 289. The van der Waals surface area contributed by atoms with Crippen molar-refractivity contribution < 1.29 is 24.5 Å². The van der Waals surface area contributed by atoms with Crippen molar-refractivity contribution in [3.63, 3.8) is 0 Å². The second-order valence-corrected chi connectivity index (χ2v) is 4.09. The molecule has 0 radical (unpaired) electrons. The van der Waals surface area contributed by atoms with Crippen LogP contribution in [0.3, 0.4) is 0 Å². The molecule has 0 aromatic carbocycles. The van der Waals surface area contributed by atoms with Crippen LogP contribution in [0.2, 0.25) is 0 Å². The number of amides is 1. The van der Waals surface area contributed by atoms with Gasteiger partial charge in [0.15, 0.2) is 5.60 Å². The molecule has 0 aromatic rings. The van der Waals surface area contributed by atoms with Crippen LogP contribution in [0.1, 0.15) is 19.8 Å². The maximum absolute atomic E-state index is 11.5. The minimum Gasteiger partial charge on any atom is -0.469 e. The van der Waals surface area contributed by atoms with E-state index < -0.39 is 29.4 Å². The Labute approximate surface area is 93.6 Å². The fourth-order valence-electron chi connectivity index (χ4n) is 2.00. The van der Waals surface area contributed by atoms with Crippen LogP contribution in [0.15, 0.2) is 0 Å². The molecule has 1 rings (SSSR count). The lowest BCUT2D eigenvalue weighted by molar-refractivity contribution is -0.157. The third-order valence-electron chi connectivity index (χ3n) is 2.91. The zero-order valence-corrected chi connectivity index (χ0v) is 9.40. The van der Waals surface area contributed by atoms with Crippen molar-refractivity contribution in [2.45, 2.75) is 31.4 Å². The zero-order valence-electron chi connectivity index (χ0n) is 9.40. The van der Waals surface area contributed by atoms with E-state index in [4.69, 9.17) is 5.11 Å². The maximum Gasteiger partial charge on any atom is 0.314 e. The van der Waals surface area contributed by atoms with Crippen LogP contribution in [-0.4, -0.2) is 47.4 Å². The lowest BCUT2D eigenvalue weighted by Gasteiger charge is -2.23. The summed E-state index contributed by atoms with van der Waals surface area (Å²) in [6.07, 6.45) is 0.882. The molecule has 6 nitrogen and oxygen atoms in total. The summed E-state index contributed by atoms with van der Waals surface area (Å²) in [5.41, 5.74) is -1.74. The van der Waals surface area contributed by atoms with Crippen LogP contribution >= 0.6 is 0 Å². The minimum absolute atomic E-state index is 0.0254. The largest absolute Gasteiger partial charge is 0.469 e. The van der Waals surface area contributed by atoms with Crippen molar-refractivity contribution in [3.05, 3.63) is 0 Å². The molecule has 0 aromatic heterocycles. The molecular weight excluding hydrogens is 214 g/mol. The van der Waals surface area contributed by atoms with Gasteiger partial charge < -0.3 is 20.3 Å². The van der Waals surface area contributed by atoms with E-state index in [0.717, 1.165) is 0 Å². The maximum atomic E-state index is 11.5. The Balaban J connectivity index is 2.85. The van der Waals surface area contributed by atoms with Crippen LogP contribution in [0, 0.1) is 5.92 Å². The number of methoxy groups -OCH3 is 1. The lowest BCUT2D eigenvalue weighted by Crippen LogP contribution is -2.44. The first kappa shape index (κ1) is 12.9. The number of esters is 1. The number of aliphatic hydroxyl groups is 2. The molecule has 0 bridgehead atoms. The second kappa shape index (κ2) is 4.80. The molecule has 1 aliphatic rings. The van der Waals surface area contributed by atoms with E-state index in [9.17, 15) is 14.7 Å². The molecule has 6 heteroatoms. The number of aliphatic hydroxyl groups excluding tert-OH is 1. The standard InChI is InChI=1S/C10H17NO5/c1-10(15)7(8(13)16-2)6(4-3-5-12)11-9(10)14/h6-7,12,15H,3-5H2,1-2H3,(H,11,14)/t6-,7-,10+/m0/s1. The molecule has 0 saturated carbocycles. The molecule has 1 fully saturated rings. The van der Waals surface area contributed by atoms with Crippen LogP contribution < -0.4 is 5.32 Å². The predicted octanol–water partition coefficient (Wildman–Crippen LogP) is -1.20. The van der Waals surface area contributed by atoms with Crippen molar-refractivity contribution in [3.8, 4) is 0 Å². The van der Waals surface area contributed by atoms with Crippen molar-refractivity contribution >= 4 is 11.9 Å². The summed E-state index contributed by atoms with van der Waals surface area (Å²) >= 11 is 0. The highest BCUT2D eigenvalue weighted by Crippen LogP contribution is 2.30.